The van der Waals surface area contributed by atoms with Crippen molar-refractivity contribution in [3.63, 3.8) is 0 Å². The number of amides is 1. The van der Waals surface area contributed by atoms with Crippen molar-refractivity contribution in [2.24, 2.45) is 0 Å². The fourth-order valence-corrected chi connectivity index (χ4v) is 0.701. The minimum atomic E-state index is 0. The first kappa shape index (κ1) is 10.2. The van der Waals surface area contributed by atoms with Crippen molar-refractivity contribution < 1.29 is 42.5 Å². The van der Waals surface area contributed by atoms with Crippen LogP contribution in [-0.2, 0) is 4.79 Å². The Hall–Kier alpha value is 0.210. The van der Waals surface area contributed by atoms with Crippen molar-refractivity contribution in [2.75, 3.05) is 6.54 Å². The van der Waals surface area contributed by atoms with Gasteiger partial charge in [0, 0.05) is 57.4 Å². The van der Waals surface area contributed by atoms with Gasteiger partial charge in [-0.3, -0.25) is 4.79 Å². The molecule has 0 saturated heterocycles. The third-order valence-corrected chi connectivity index (χ3v) is 1.22. The fraction of sp³-hybridized carbons (Fsp3) is 0.286. The van der Waals surface area contributed by atoms with Crippen LogP contribution in [0.15, 0.2) is 24.4 Å². The predicted octanol–water partition coefficient (Wildman–Crippen LogP) is 0.918. The van der Waals surface area contributed by atoms with Gasteiger partial charge < -0.3 is 4.90 Å². The average Bonchev–Trinajstić information content (AvgIpc) is 1.90. The van der Waals surface area contributed by atoms with Crippen LogP contribution >= 0.6 is 0 Å². The summed E-state index contributed by atoms with van der Waals surface area (Å²) in [6.45, 7) is 2.27. The molecule has 3 heteroatoms. The molecule has 1 heterocycles. The molecule has 0 aromatic carbocycles. The molecular formula is C7H9ArNO. The van der Waals surface area contributed by atoms with Gasteiger partial charge in [0.05, 0.1) is 0 Å². The maximum atomic E-state index is 10.6. The van der Waals surface area contributed by atoms with Crippen LogP contribution in [0.4, 0.5) is 0 Å². The van der Waals surface area contributed by atoms with E-state index in [0.717, 1.165) is 0 Å². The zero-order valence-electron chi connectivity index (χ0n) is 5.73. The van der Waals surface area contributed by atoms with Crippen LogP contribution in [0.5, 0.6) is 0 Å². The molecule has 0 aliphatic carbocycles. The second kappa shape index (κ2) is 4.94. The molecule has 0 bridgehead atoms. The van der Waals surface area contributed by atoms with E-state index in [9.17, 15) is 4.79 Å². The molecule has 0 N–H and O–H groups in total. The molecule has 0 saturated carbocycles. The Morgan fingerprint density at radius 1 is 1.50 bits per heavy atom. The van der Waals surface area contributed by atoms with E-state index in [1.807, 2.05) is 18.2 Å². The van der Waals surface area contributed by atoms with Gasteiger partial charge in [-0.2, -0.15) is 0 Å². The summed E-state index contributed by atoms with van der Waals surface area (Å²) >= 11 is 0. The van der Waals surface area contributed by atoms with Crippen LogP contribution in [0.2, 0.25) is 0 Å². The van der Waals surface area contributed by atoms with E-state index in [1.54, 1.807) is 18.0 Å². The first-order valence-electron chi connectivity index (χ1n) is 2.91. The molecule has 0 atom stereocenters. The second-order valence-electron chi connectivity index (χ2n) is 1.94. The Kier molecular flexibility index (Phi) is 5.04. The molecule has 0 spiro atoms. The molecular weight excluding hydrogens is 154 g/mol. The van der Waals surface area contributed by atoms with E-state index < -0.39 is 0 Å². The Balaban J connectivity index is 0.000000810. The van der Waals surface area contributed by atoms with Crippen LogP contribution in [0, 0.1) is 37.7 Å². The van der Waals surface area contributed by atoms with E-state index in [2.05, 4.69) is 0 Å². The fourth-order valence-electron chi connectivity index (χ4n) is 0.701. The molecule has 0 aromatic heterocycles. The minimum Gasteiger partial charge on any atom is -0.316 e. The van der Waals surface area contributed by atoms with E-state index in [1.165, 1.54) is 0 Å². The summed E-state index contributed by atoms with van der Waals surface area (Å²) in [5.41, 5.74) is 0. The number of carbonyl (C=O) groups is 1. The zero-order valence-corrected chi connectivity index (χ0v) is 6.43. The summed E-state index contributed by atoms with van der Waals surface area (Å²) in [5.74, 6) is 0.0931. The number of hydrogen-bond donors (Lipinski definition) is 0. The number of nitrogens with zero attached hydrogens (tertiary/aromatic N) is 1. The van der Waals surface area contributed by atoms with Gasteiger partial charge in [0.15, 0.2) is 0 Å². The SMILES string of the molecule is CC(=O)N1C=CC=CC1.[Ar]. The topological polar surface area (TPSA) is 20.3 Å². The van der Waals surface area contributed by atoms with E-state index in [-0.39, 0.29) is 43.6 Å². The molecule has 10 heavy (non-hydrogen) atoms. The van der Waals surface area contributed by atoms with Crippen molar-refractivity contribution in [2.45, 2.75) is 6.92 Å². The van der Waals surface area contributed by atoms with Crippen LogP contribution in [0.25, 0.3) is 0 Å². The average molecular weight is 163 g/mol. The van der Waals surface area contributed by atoms with Crippen molar-refractivity contribution in [3.05, 3.63) is 24.4 Å². The monoisotopic (exact) mass is 163 g/mol. The van der Waals surface area contributed by atoms with Gasteiger partial charge in [0.2, 0.25) is 5.91 Å². The van der Waals surface area contributed by atoms with Gasteiger partial charge >= 0.3 is 0 Å². The van der Waals surface area contributed by atoms with E-state index in [4.69, 9.17) is 0 Å². The zero-order chi connectivity index (χ0) is 6.69. The molecule has 1 aliphatic heterocycles. The molecule has 0 aromatic rings. The standard InChI is InChI=1S/C7H9NO.Ar/c1-7(9)8-5-3-2-4-6-8;/h2-5H,6H2,1H3;. The summed E-state index contributed by atoms with van der Waals surface area (Å²) < 4.78 is 0. The molecule has 1 rings (SSSR count). The first-order chi connectivity index (χ1) is 4.30. The normalized spacial score (nSPS) is 14.7. The summed E-state index contributed by atoms with van der Waals surface area (Å²) in [6, 6.07) is 0. The number of allylic oxidation sites excluding steroid dienone is 2. The maximum absolute atomic E-state index is 10.6. The number of hydrogen-bond acceptors (Lipinski definition) is 1. The first-order valence-corrected chi connectivity index (χ1v) is 2.91. The van der Waals surface area contributed by atoms with Gasteiger partial charge in [-0.05, 0) is 6.08 Å². The number of rotatable bonds is 0. The molecule has 0 unspecified atom stereocenters. The van der Waals surface area contributed by atoms with E-state index in [0.29, 0.717) is 6.54 Å². The molecule has 1 aliphatic rings. The van der Waals surface area contributed by atoms with Crippen LogP contribution in [-0.4, -0.2) is 17.4 Å². The third kappa shape index (κ3) is 2.86. The van der Waals surface area contributed by atoms with Gasteiger partial charge in [-0.15, -0.1) is 0 Å². The van der Waals surface area contributed by atoms with E-state index >= 15 is 0 Å². The largest absolute Gasteiger partial charge is 0.316 e. The maximum Gasteiger partial charge on any atom is 0.223 e. The summed E-state index contributed by atoms with van der Waals surface area (Å²) in [6.07, 6.45) is 7.51. The smallest absolute Gasteiger partial charge is 0.223 e. The quantitative estimate of drug-likeness (QED) is 0.520. The predicted molar refractivity (Wildman–Crippen MR) is 35.7 cm³/mol. The van der Waals surface area contributed by atoms with Gasteiger partial charge in [-0.1, -0.05) is 12.2 Å². The van der Waals surface area contributed by atoms with Crippen LogP contribution in [0.1, 0.15) is 6.92 Å². The van der Waals surface area contributed by atoms with Crippen molar-refractivity contribution in [1.29, 1.82) is 0 Å². The van der Waals surface area contributed by atoms with Crippen molar-refractivity contribution in [1.82, 2.24) is 4.90 Å². The van der Waals surface area contributed by atoms with Crippen LogP contribution in [0.3, 0.4) is 0 Å². The minimum absolute atomic E-state index is 0. The molecule has 0 radical (unpaired) electrons. The second-order valence-corrected chi connectivity index (χ2v) is 1.94. The molecule has 1 amide bonds. The Morgan fingerprint density at radius 2 is 2.20 bits per heavy atom. The Labute approximate surface area is 90.6 Å². The molecule has 0 fully saturated rings. The van der Waals surface area contributed by atoms with Crippen molar-refractivity contribution in [3.8, 4) is 0 Å². The summed E-state index contributed by atoms with van der Waals surface area (Å²) in [7, 11) is 0. The van der Waals surface area contributed by atoms with Gasteiger partial charge in [0.25, 0.3) is 0 Å². The Bertz CT molecular complexity index is 174. The van der Waals surface area contributed by atoms with Gasteiger partial charge in [0.1, 0.15) is 0 Å². The van der Waals surface area contributed by atoms with Crippen LogP contribution < -0.4 is 0 Å². The molecule has 2 nitrogen and oxygen atoms in total. The number of carbonyl (C=O) groups excluding carboxylic acids is 1. The summed E-state index contributed by atoms with van der Waals surface area (Å²) in [4.78, 5) is 12.3. The summed E-state index contributed by atoms with van der Waals surface area (Å²) in [5, 5.41) is 0. The van der Waals surface area contributed by atoms with Gasteiger partial charge in [-0.25, -0.2) is 0 Å². The van der Waals surface area contributed by atoms with Crippen molar-refractivity contribution >= 4 is 5.91 Å². The molecule has 56 valence electrons. The Morgan fingerprint density at radius 3 is 2.50 bits per heavy atom. The third-order valence-electron chi connectivity index (χ3n) is 1.22.